The number of imidazole rings is 1. The molecule has 1 atom stereocenters. The molecule has 1 unspecified atom stereocenters. The van der Waals surface area contributed by atoms with Crippen LogP contribution in [-0.2, 0) is 35.1 Å². The lowest BCUT2D eigenvalue weighted by atomic mass is 9.91. The number of hydrogen-bond donors (Lipinski definition) is 3. The summed E-state index contributed by atoms with van der Waals surface area (Å²) in [5.41, 5.74) is 2.86. The maximum absolute atomic E-state index is 13.3. The fourth-order valence-corrected chi connectivity index (χ4v) is 6.76. The molecule has 0 saturated carbocycles. The average molecular weight is 641 g/mol. The van der Waals surface area contributed by atoms with E-state index in [1.807, 2.05) is 109 Å². The minimum Gasteiger partial charge on any atom is -0.382 e. The topological polar surface area (TPSA) is 113 Å². The molecule has 0 aliphatic heterocycles. The lowest BCUT2D eigenvalue weighted by Gasteiger charge is -2.27. The van der Waals surface area contributed by atoms with Crippen molar-refractivity contribution >= 4 is 27.8 Å². The number of aliphatic hydroxyl groups is 1. The van der Waals surface area contributed by atoms with Crippen LogP contribution in [0, 0.1) is 0 Å². The molecule has 4 aromatic carbocycles. The van der Waals surface area contributed by atoms with E-state index in [4.69, 9.17) is 4.98 Å². The van der Waals surface area contributed by atoms with Gasteiger partial charge in [0.05, 0.1) is 4.90 Å². The molecule has 0 aliphatic carbocycles. The van der Waals surface area contributed by atoms with Crippen LogP contribution in [0.3, 0.4) is 0 Å². The third-order valence-corrected chi connectivity index (χ3v) is 9.63. The fourth-order valence-electron chi connectivity index (χ4n) is 5.20. The number of amides is 2. The van der Waals surface area contributed by atoms with Crippen LogP contribution in [-0.4, -0.2) is 35.4 Å². The van der Waals surface area contributed by atoms with Crippen LogP contribution in [0.2, 0.25) is 0 Å². The molecular weight excluding hydrogens is 605 g/mol. The van der Waals surface area contributed by atoms with Gasteiger partial charge in [-0.2, -0.15) is 0 Å². The van der Waals surface area contributed by atoms with Crippen molar-refractivity contribution in [3.8, 4) is 11.1 Å². The van der Waals surface area contributed by atoms with Gasteiger partial charge in [0, 0.05) is 31.3 Å². The van der Waals surface area contributed by atoms with Gasteiger partial charge < -0.3 is 15.0 Å². The fraction of sp³-hybridized carbons (Fsp3) is 0.200. The third-order valence-electron chi connectivity index (χ3n) is 7.62. The van der Waals surface area contributed by atoms with Gasteiger partial charge in [-0.3, -0.25) is 0 Å². The molecule has 8 nitrogen and oxygen atoms in total. The minimum atomic E-state index is -4.16. The molecule has 0 spiro atoms. The first kappa shape index (κ1) is 32.0. The Bertz CT molecular complexity index is 1840. The number of urea groups is 1. The highest BCUT2D eigenvalue weighted by atomic mass is 32.2. The quantitative estimate of drug-likeness (QED) is 0.137. The number of benzene rings is 4. The summed E-state index contributed by atoms with van der Waals surface area (Å²) in [7, 11) is -4.16. The van der Waals surface area contributed by atoms with Gasteiger partial charge in [0.25, 0.3) is 10.0 Å². The van der Waals surface area contributed by atoms with E-state index in [-0.39, 0.29) is 11.4 Å². The number of nitrogens with zero attached hydrogens (tertiary/aromatic N) is 2. The van der Waals surface area contributed by atoms with Crippen molar-refractivity contribution in [2.75, 3.05) is 6.26 Å². The average Bonchev–Trinajstić information content (AvgIpc) is 3.48. The maximum Gasteiger partial charge on any atom is 0.328 e. The summed E-state index contributed by atoms with van der Waals surface area (Å²) in [6.07, 6.45) is 4.85. The van der Waals surface area contributed by atoms with E-state index in [1.165, 1.54) is 17.8 Å². The number of thioether (sulfide) groups is 1. The van der Waals surface area contributed by atoms with Crippen LogP contribution in [0.4, 0.5) is 4.79 Å². The number of sulfonamides is 1. The number of carbonyl (C=O) groups excluding carboxylic acids is 1. The molecule has 1 heterocycles. The second-order valence-electron chi connectivity index (χ2n) is 10.7. The van der Waals surface area contributed by atoms with Crippen LogP contribution < -0.4 is 10.0 Å². The zero-order chi connectivity index (χ0) is 31.9. The van der Waals surface area contributed by atoms with Crippen molar-refractivity contribution in [1.82, 2.24) is 19.6 Å². The largest absolute Gasteiger partial charge is 0.382 e. The molecule has 0 saturated heterocycles. The minimum absolute atomic E-state index is 0.00282. The molecule has 0 bridgehead atoms. The van der Waals surface area contributed by atoms with Crippen LogP contribution in [0.5, 0.6) is 0 Å². The molecule has 0 fully saturated rings. The normalized spacial score (nSPS) is 12.8. The summed E-state index contributed by atoms with van der Waals surface area (Å²) in [6, 6.07) is 32.5. The van der Waals surface area contributed by atoms with Gasteiger partial charge in [-0.15, -0.1) is 11.8 Å². The van der Waals surface area contributed by atoms with Gasteiger partial charge in [-0.25, -0.2) is 22.9 Å². The molecule has 1 aromatic heterocycles. The van der Waals surface area contributed by atoms with Gasteiger partial charge in [0.2, 0.25) is 0 Å². The number of hydrogen-bond acceptors (Lipinski definition) is 6. The smallest absolute Gasteiger partial charge is 0.328 e. The molecule has 2 amide bonds. The summed E-state index contributed by atoms with van der Waals surface area (Å²) in [6.45, 7) is 2.64. The van der Waals surface area contributed by atoms with E-state index in [1.54, 1.807) is 18.2 Å². The van der Waals surface area contributed by atoms with E-state index in [0.717, 1.165) is 21.7 Å². The lowest BCUT2D eigenvalue weighted by molar-refractivity contribution is 0.0202. The first-order valence-electron chi connectivity index (χ1n) is 14.6. The van der Waals surface area contributed by atoms with Gasteiger partial charge in [-0.1, -0.05) is 110 Å². The lowest BCUT2D eigenvalue weighted by Crippen LogP contribution is -2.39. The Labute approximate surface area is 268 Å². The Morgan fingerprint density at radius 3 is 2.13 bits per heavy atom. The molecule has 0 aliphatic rings. The Morgan fingerprint density at radius 1 is 0.867 bits per heavy atom. The monoisotopic (exact) mass is 640 g/mol. The van der Waals surface area contributed by atoms with Crippen molar-refractivity contribution < 1.29 is 18.3 Å². The standard InChI is InChI=1S/C35H36N4O4S2/c1-3-35(41,22-26-12-6-4-7-13-26)33-37-32(44-2)25-39(33)24-28-18-20-29(21-19-28)30-16-10-11-17-31(30)45(42,43)38-34(40)36-23-27-14-8-5-9-15-27/h4-21,25,41H,3,22-24H2,1-2H3,(H2,36,38,40). The summed E-state index contributed by atoms with van der Waals surface area (Å²) in [4.78, 5) is 17.3. The first-order chi connectivity index (χ1) is 21.7. The van der Waals surface area contributed by atoms with E-state index < -0.39 is 21.7 Å². The van der Waals surface area contributed by atoms with Crippen LogP contribution >= 0.6 is 11.8 Å². The van der Waals surface area contributed by atoms with Gasteiger partial charge in [-0.05, 0) is 41.0 Å². The molecule has 3 N–H and O–H groups in total. The number of nitrogens with one attached hydrogen (secondary N) is 2. The molecule has 0 radical (unpaired) electrons. The third kappa shape index (κ3) is 7.83. The summed E-state index contributed by atoms with van der Waals surface area (Å²) in [5.74, 6) is 0.607. The maximum atomic E-state index is 13.3. The van der Waals surface area contributed by atoms with Crippen LogP contribution in [0.15, 0.2) is 125 Å². The summed E-state index contributed by atoms with van der Waals surface area (Å²) in [5, 5.41) is 15.2. The highest BCUT2D eigenvalue weighted by Gasteiger charge is 2.33. The molecular formula is C35H36N4O4S2. The predicted octanol–water partition coefficient (Wildman–Crippen LogP) is 6.35. The second kappa shape index (κ2) is 14.2. The van der Waals surface area contributed by atoms with Crippen molar-refractivity contribution in [2.24, 2.45) is 0 Å². The van der Waals surface area contributed by atoms with Crippen molar-refractivity contribution in [2.45, 2.75) is 48.4 Å². The van der Waals surface area contributed by atoms with E-state index in [9.17, 15) is 18.3 Å². The second-order valence-corrected chi connectivity index (χ2v) is 13.2. The molecule has 232 valence electrons. The Hall–Kier alpha value is -4.38. The van der Waals surface area contributed by atoms with Crippen molar-refractivity contribution in [1.29, 1.82) is 0 Å². The number of rotatable bonds is 12. The van der Waals surface area contributed by atoms with Gasteiger partial charge in [0.15, 0.2) is 0 Å². The summed E-state index contributed by atoms with van der Waals surface area (Å²) >= 11 is 1.52. The van der Waals surface area contributed by atoms with Gasteiger partial charge in [0.1, 0.15) is 16.5 Å². The molecule has 5 aromatic rings. The summed E-state index contributed by atoms with van der Waals surface area (Å²) < 4.78 is 30.7. The highest BCUT2D eigenvalue weighted by Crippen LogP contribution is 2.32. The Morgan fingerprint density at radius 2 is 1.49 bits per heavy atom. The first-order valence-corrected chi connectivity index (χ1v) is 17.3. The molecule has 45 heavy (non-hydrogen) atoms. The molecule has 10 heteroatoms. The predicted molar refractivity (Wildman–Crippen MR) is 178 cm³/mol. The molecule has 5 rings (SSSR count). The highest BCUT2D eigenvalue weighted by molar-refractivity contribution is 7.98. The van der Waals surface area contributed by atoms with Crippen LogP contribution in [0.25, 0.3) is 11.1 Å². The SMILES string of the molecule is CCC(O)(Cc1ccccc1)c1nc(SC)cn1Cc1ccc(-c2ccccc2S(=O)(=O)NC(=O)NCc2ccccc2)cc1. The Balaban J connectivity index is 1.35. The zero-order valence-corrected chi connectivity index (χ0v) is 26.8. The van der Waals surface area contributed by atoms with E-state index >= 15 is 0 Å². The van der Waals surface area contributed by atoms with Gasteiger partial charge >= 0.3 is 6.03 Å². The number of carbonyl (C=O) groups is 1. The number of aromatic nitrogens is 2. The van der Waals surface area contributed by atoms with E-state index in [0.29, 0.717) is 36.3 Å². The van der Waals surface area contributed by atoms with E-state index in [2.05, 4.69) is 10.0 Å². The zero-order valence-electron chi connectivity index (χ0n) is 25.2. The van der Waals surface area contributed by atoms with Crippen molar-refractivity contribution in [3.05, 3.63) is 138 Å². The van der Waals surface area contributed by atoms with Crippen molar-refractivity contribution in [3.63, 3.8) is 0 Å². The van der Waals surface area contributed by atoms with Crippen LogP contribution in [0.1, 0.15) is 35.9 Å². The Kier molecular flexibility index (Phi) is 10.1.